The Morgan fingerprint density at radius 2 is 1.44 bits per heavy atom. The van der Waals surface area contributed by atoms with Gasteiger partial charge in [-0.15, -0.1) is 0 Å². The SMILES string of the molecule is CC(C)[C@H](NC(=O)[C@H](Cc1ccccc1)NC(=O)[C@@H](NC(=O)[C@H](CCC(N)=O)NC(=O)[C@@H]1CCCN1C(=O)[C@@H]1CCC(=O)N1)C(C)C)C(N)=O. The summed E-state index contributed by atoms with van der Waals surface area (Å²) in [5, 5.41) is 13.2. The van der Waals surface area contributed by atoms with Crippen molar-refractivity contribution in [2.24, 2.45) is 23.3 Å². The number of hydrogen-bond acceptors (Lipinski definition) is 8. The molecule has 274 valence electrons. The standard InChI is InChI=1S/C34H50N8O8/c1-18(2)27(29(36)45)40-31(47)23(17-20-9-6-5-7-10-20)39-33(49)28(19(3)4)41-30(46)21(12-14-25(35)43)38-32(48)24-11-8-16-42(24)34(50)22-13-15-26(44)37-22/h5-7,9-10,18-19,21-24,27-28H,8,11-17H2,1-4H3,(H2,35,43)(H2,36,45)(H,37,44)(H,38,48)(H,39,49)(H,40,47)(H,41,46)/t21-,22-,23-,24-,27-,28-/m0/s1. The summed E-state index contributed by atoms with van der Waals surface area (Å²) in [5.41, 5.74) is 11.6. The Balaban J connectivity index is 1.77. The number of carbonyl (C=O) groups is 8. The van der Waals surface area contributed by atoms with Gasteiger partial charge >= 0.3 is 0 Å². The molecule has 0 saturated carbocycles. The maximum Gasteiger partial charge on any atom is 0.245 e. The first-order valence-electron chi connectivity index (χ1n) is 17.0. The van der Waals surface area contributed by atoms with Gasteiger partial charge in [0, 0.05) is 25.8 Å². The first-order chi connectivity index (χ1) is 23.6. The van der Waals surface area contributed by atoms with Crippen LogP contribution in [0.5, 0.6) is 0 Å². The summed E-state index contributed by atoms with van der Waals surface area (Å²) in [6, 6.07) is 2.65. The van der Waals surface area contributed by atoms with Crippen molar-refractivity contribution >= 4 is 47.3 Å². The summed E-state index contributed by atoms with van der Waals surface area (Å²) < 4.78 is 0. The lowest BCUT2D eigenvalue weighted by molar-refractivity contribution is -0.141. The van der Waals surface area contributed by atoms with E-state index >= 15 is 0 Å². The van der Waals surface area contributed by atoms with Gasteiger partial charge in [0.1, 0.15) is 36.3 Å². The van der Waals surface area contributed by atoms with Crippen molar-refractivity contribution in [2.45, 2.75) is 109 Å². The van der Waals surface area contributed by atoms with Crippen molar-refractivity contribution in [2.75, 3.05) is 6.54 Å². The van der Waals surface area contributed by atoms with Crippen molar-refractivity contribution in [3.05, 3.63) is 35.9 Å². The zero-order valence-electron chi connectivity index (χ0n) is 29.0. The minimum atomic E-state index is -1.29. The van der Waals surface area contributed by atoms with E-state index in [4.69, 9.17) is 11.5 Å². The maximum atomic E-state index is 13.7. The number of likely N-dealkylation sites (tertiary alicyclic amines) is 1. The summed E-state index contributed by atoms with van der Waals surface area (Å²) in [4.78, 5) is 104. The molecule has 3 rings (SSSR count). The first-order valence-corrected chi connectivity index (χ1v) is 17.0. The third-order valence-corrected chi connectivity index (χ3v) is 8.88. The molecule has 8 amide bonds. The lowest BCUT2D eigenvalue weighted by atomic mass is 9.99. The number of hydrogen-bond donors (Lipinski definition) is 7. The average molecular weight is 699 g/mol. The molecule has 2 aliphatic rings. The predicted molar refractivity (Wildman–Crippen MR) is 181 cm³/mol. The van der Waals surface area contributed by atoms with Crippen LogP contribution in [0.1, 0.15) is 71.8 Å². The van der Waals surface area contributed by atoms with Crippen molar-refractivity contribution < 1.29 is 38.4 Å². The molecule has 0 unspecified atom stereocenters. The monoisotopic (exact) mass is 698 g/mol. The van der Waals surface area contributed by atoms with Gasteiger partial charge in [-0.25, -0.2) is 0 Å². The van der Waals surface area contributed by atoms with Crippen LogP contribution < -0.4 is 38.1 Å². The van der Waals surface area contributed by atoms with Crippen LogP contribution in [-0.2, 0) is 44.8 Å². The fraction of sp³-hybridized carbons (Fsp3) is 0.588. The van der Waals surface area contributed by atoms with E-state index in [0.29, 0.717) is 25.8 Å². The van der Waals surface area contributed by atoms with Gasteiger partial charge in [-0.3, -0.25) is 38.4 Å². The van der Waals surface area contributed by atoms with Gasteiger partial charge in [-0.1, -0.05) is 58.0 Å². The first kappa shape index (κ1) is 39.4. The van der Waals surface area contributed by atoms with Gasteiger partial charge in [-0.2, -0.15) is 0 Å². The number of nitrogens with zero attached hydrogens (tertiary/aromatic N) is 1. The molecule has 16 heteroatoms. The summed E-state index contributed by atoms with van der Waals surface area (Å²) in [6.45, 7) is 7.09. The Bertz CT molecular complexity index is 1440. The number of nitrogens with two attached hydrogens (primary N) is 2. The summed E-state index contributed by atoms with van der Waals surface area (Å²) in [5.74, 6) is -5.62. The molecule has 0 aliphatic carbocycles. The van der Waals surface area contributed by atoms with E-state index in [1.54, 1.807) is 58.0 Å². The molecule has 0 radical (unpaired) electrons. The van der Waals surface area contributed by atoms with Crippen LogP contribution in [0.25, 0.3) is 0 Å². The van der Waals surface area contributed by atoms with Crippen molar-refractivity contribution in [1.29, 1.82) is 0 Å². The van der Waals surface area contributed by atoms with Gasteiger partial charge in [0.2, 0.25) is 47.3 Å². The third-order valence-electron chi connectivity index (χ3n) is 8.88. The number of benzene rings is 1. The van der Waals surface area contributed by atoms with Crippen LogP contribution in [0, 0.1) is 11.8 Å². The second-order valence-corrected chi connectivity index (χ2v) is 13.5. The number of amides is 8. The number of carbonyl (C=O) groups excluding carboxylic acids is 8. The van der Waals surface area contributed by atoms with Gasteiger partial charge in [0.15, 0.2) is 0 Å². The highest BCUT2D eigenvalue weighted by Gasteiger charge is 2.41. The molecule has 2 heterocycles. The quantitative estimate of drug-likeness (QED) is 0.101. The van der Waals surface area contributed by atoms with Crippen molar-refractivity contribution in [1.82, 2.24) is 31.5 Å². The van der Waals surface area contributed by atoms with Crippen LogP contribution in [0.2, 0.25) is 0 Å². The predicted octanol–water partition coefficient (Wildman–Crippen LogP) is -1.50. The summed E-state index contributed by atoms with van der Waals surface area (Å²) in [7, 11) is 0. The van der Waals surface area contributed by atoms with E-state index < -0.39 is 77.6 Å². The van der Waals surface area contributed by atoms with E-state index in [-0.39, 0.29) is 43.4 Å². The second kappa shape index (κ2) is 18.1. The molecule has 2 aliphatic heterocycles. The van der Waals surface area contributed by atoms with Crippen LogP contribution in [0.3, 0.4) is 0 Å². The highest BCUT2D eigenvalue weighted by molar-refractivity contribution is 5.98. The molecule has 0 bridgehead atoms. The molecule has 1 aromatic carbocycles. The minimum Gasteiger partial charge on any atom is -0.370 e. The van der Waals surface area contributed by atoms with Crippen LogP contribution in [0.15, 0.2) is 30.3 Å². The van der Waals surface area contributed by atoms with Gasteiger partial charge in [0.25, 0.3) is 0 Å². The van der Waals surface area contributed by atoms with Crippen molar-refractivity contribution in [3.8, 4) is 0 Å². The lowest BCUT2D eigenvalue weighted by Crippen LogP contribution is -2.60. The third kappa shape index (κ3) is 11.0. The number of nitrogens with one attached hydrogen (secondary N) is 5. The van der Waals surface area contributed by atoms with Gasteiger partial charge < -0.3 is 43.0 Å². The van der Waals surface area contributed by atoms with Crippen LogP contribution >= 0.6 is 0 Å². The van der Waals surface area contributed by atoms with Crippen molar-refractivity contribution in [3.63, 3.8) is 0 Å². The molecule has 50 heavy (non-hydrogen) atoms. The highest BCUT2D eigenvalue weighted by Crippen LogP contribution is 2.21. The molecule has 2 saturated heterocycles. The maximum absolute atomic E-state index is 13.7. The van der Waals surface area contributed by atoms with Gasteiger partial charge in [0.05, 0.1) is 0 Å². The van der Waals surface area contributed by atoms with Crippen LogP contribution in [-0.4, -0.2) is 95.0 Å². The zero-order chi connectivity index (χ0) is 37.1. The Labute approximate surface area is 291 Å². The minimum absolute atomic E-state index is 0.0686. The Morgan fingerprint density at radius 3 is 2.00 bits per heavy atom. The molecule has 0 spiro atoms. The normalized spacial score (nSPS) is 19.6. The summed E-state index contributed by atoms with van der Waals surface area (Å²) in [6.07, 6.45) is 1.03. The zero-order valence-corrected chi connectivity index (χ0v) is 29.0. The fourth-order valence-corrected chi connectivity index (χ4v) is 6.06. The largest absolute Gasteiger partial charge is 0.370 e. The lowest BCUT2D eigenvalue weighted by Gasteiger charge is -2.30. The highest BCUT2D eigenvalue weighted by atomic mass is 16.2. The summed E-state index contributed by atoms with van der Waals surface area (Å²) >= 11 is 0. The second-order valence-electron chi connectivity index (χ2n) is 13.5. The molecular formula is C34H50N8O8. The Hall–Kier alpha value is -5.02. The molecule has 2 fully saturated rings. The number of rotatable bonds is 17. The van der Waals surface area contributed by atoms with E-state index in [9.17, 15) is 38.4 Å². The van der Waals surface area contributed by atoms with E-state index in [2.05, 4.69) is 26.6 Å². The van der Waals surface area contributed by atoms with E-state index in [1.807, 2.05) is 0 Å². The van der Waals surface area contributed by atoms with Crippen LogP contribution in [0.4, 0.5) is 0 Å². The average Bonchev–Trinajstić information content (AvgIpc) is 3.73. The van der Waals surface area contributed by atoms with E-state index in [0.717, 1.165) is 5.56 Å². The molecular weight excluding hydrogens is 648 g/mol. The molecule has 16 nitrogen and oxygen atoms in total. The van der Waals surface area contributed by atoms with E-state index in [1.165, 1.54) is 4.90 Å². The number of primary amides is 2. The molecule has 6 atom stereocenters. The topological polar surface area (TPSA) is 252 Å². The fourth-order valence-electron chi connectivity index (χ4n) is 6.06. The molecule has 0 aromatic heterocycles. The Kier molecular flexibility index (Phi) is 14.3. The smallest absolute Gasteiger partial charge is 0.245 e. The Morgan fingerprint density at radius 1 is 0.820 bits per heavy atom. The van der Waals surface area contributed by atoms with Gasteiger partial charge in [-0.05, 0) is 43.1 Å². The molecule has 9 N–H and O–H groups in total. The molecule has 1 aromatic rings.